The van der Waals surface area contributed by atoms with E-state index in [1.807, 2.05) is 0 Å². The molecule has 2 aliphatic rings. The summed E-state index contributed by atoms with van der Waals surface area (Å²) in [6.07, 6.45) is 7.84. The Balaban J connectivity index is 1.90. The fourth-order valence-corrected chi connectivity index (χ4v) is 5.18. The third kappa shape index (κ3) is 3.57. The molecular weight excluding hydrogens is 228 g/mol. The second-order valence-electron chi connectivity index (χ2n) is 7.07. The quantitative estimate of drug-likeness (QED) is 0.565. The number of carbonyl (C=O) groups excluding carboxylic acids is 1. The summed E-state index contributed by atoms with van der Waals surface area (Å²) in [6, 6.07) is 1.11. The molecule has 0 aromatic heterocycles. The average molecular weight is 254 g/mol. The first-order chi connectivity index (χ1) is 7.96. The number of cyclic esters (lactones) is 1. The van der Waals surface area contributed by atoms with E-state index in [9.17, 15) is 4.79 Å². The van der Waals surface area contributed by atoms with Crippen LogP contribution in [-0.2, 0) is 9.53 Å². The first-order valence-electron chi connectivity index (χ1n) is 7.16. The molecule has 3 heteroatoms. The summed E-state index contributed by atoms with van der Waals surface area (Å²) >= 11 is 0. The molecule has 2 atom stereocenters. The van der Waals surface area contributed by atoms with Crippen LogP contribution in [0.25, 0.3) is 0 Å². The van der Waals surface area contributed by atoms with Crippen LogP contribution in [0.15, 0.2) is 0 Å². The highest BCUT2D eigenvalue weighted by Crippen LogP contribution is 2.37. The minimum absolute atomic E-state index is 0.1000. The predicted molar refractivity (Wildman–Crippen MR) is 72.7 cm³/mol. The lowest BCUT2D eigenvalue weighted by Gasteiger charge is -2.26. The van der Waals surface area contributed by atoms with Crippen molar-refractivity contribution in [2.75, 3.05) is 0 Å². The van der Waals surface area contributed by atoms with Crippen LogP contribution in [-0.4, -0.2) is 20.1 Å². The van der Waals surface area contributed by atoms with E-state index in [0.717, 1.165) is 12.5 Å². The highest BCUT2D eigenvalue weighted by Gasteiger charge is 2.40. The lowest BCUT2D eigenvalue weighted by atomic mass is 9.83. The van der Waals surface area contributed by atoms with Crippen molar-refractivity contribution in [3.05, 3.63) is 0 Å². The van der Waals surface area contributed by atoms with Gasteiger partial charge < -0.3 is 4.74 Å². The maximum Gasteiger partial charge on any atom is 0.309 e. The lowest BCUT2D eigenvalue weighted by molar-refractivity contribution is -0.145. The van der Waals surface area contributed by atoms with Gasteiger partial charge in [-0.25, -0.2) is 0 Å². The Kier molecular flexibility index (Phi) is 3.96. The molecule has 98 valence electrons. The lowest BCUT2D eigenvalue weighted by Crippen LogP contribution is -2.26. The molecule has 1 heterocycles. The fourth-order valence-electron chi connectivity index (χ4n) is 3.37. The van der Waals surface area contributed by atoms with Gasteiger partial charge in [-0.1, -0.05) is 38.9 Å². The molecule has 1 saturated heterocycles. The second-order valence-corrected chi connectivity index (χ2v) is 12.6. The minimum Gasteiger partial charge on any atom is -0.462 e. The molecule has 2 rings (SSSR count). The molecule has 0 radical (unpaired) electrons. The minimum atomic E-state index is -1.14. The van der Waals surface area contributed by atoms with Crippen molar-refractivity contribution >= 4 is 14.0 Å². The van der Waals surface area contributed by atoms with Gasteiger partial charge in [-0.05, 0) is 31.2 Å². The van der Waals surface area contributed by atoms with Crippen LogP contribution in [0.1, 0.15) is 38.5 Å². The molecule has 1 aliphatic carbocycles. The molecule has 0 aromatic carbocycles. The summed E-state index contributed by atoms with van der Waals surface area (Å²) in [4.78, 5) is 11.9. The Hall–Kier alpha value is -0.313. The number of hydrogen-bond donors (Lipinski definition) is 0. The molecule has 1 saturated carbocycles. The Bertz CT molecular complexity index is 276. The number of ether oxygens (including phenoxy) is 1. The van der Waals surface area contributed by atoms with Crippen LogP contribution in [0.4, 0.5) is 0 Å². The van der Waals surface area contributed by atoms with Crippen molar-refractivity contribution in [2.45, 2.75) is 70.3 Å². The summed E-state index contributed by atoms with van der Waals surface area (Å²) in [5.74, 6) is 0.982. The van der Waals surface area contributed by atoms with E-state index in [1.54, 1.807) is 0 Å². The van der Waals surface area contributed by atoms with Crippen molar-refractivity contribution in [3.63, 3.8) is 0 Å². The molecule has 0 aromatic rings. The predicted octanol–water partition coefficient (Wildman–Crippen LogP) is 3.84. The van der Waals surface area contributed by atoms with Crippen molar-refractivity contribution in [3.8, 4) is 0 Å². The first kappa shape index (κ1) is 13.1. The van der Waals surface area contributed by atoms with Crippen LogP contribution < -0.4 is 0 Å². The van der Waals surface area contributed by atoms with E-state index in [-0.39, 0.29) is 18.0 Å². The zero-order chi connectivity index (χ0) is 12.5. The number of rotatable bonds is 3. The maximum absolute atomic E-state index is 11.9. The normalized spacial score (nSPS) is 31.6. The molecule has 2 nitrogen and oxygen atoms in total. The zero-order valence-corrected chi connectivity index (χ0v) is 12.5. The molecule has 17 heavy (non-hydrogen) atoms. The van der Waals surface area contributed by atoms with Crippen molar-refractivity contribution < 1.29 is 9.53 Å². The first-order valence-corrected chi connectivity index (χ1v) is 10.9. The van der Waals surface area contributed by atoms with Crippen LogP contribution in [0.2, 0.25) is 25.7 Å². The number of carbonyl (C=O) groups is 1. The Morgan fingerprint density at radius 3 is 2.41 bits per heavy atom. The molecule has 0 spiro atoms. The summed E-state index contributed by atoms with van der Waals surface area (Å²) in [5, 5.41) is 0. The van der Waals surface area contributed by atoms with Crippen LogP contribution >= 0.6 is 0 Å². The van der Waals surface area contributed by atoms with Crippen LogP contribution in [0, 0.1) is 11.8 Å². The number of hydrogen-bond acceptors (Lipinski definition) is 2. The number of esters is 1. The smallest absolute Gasteiger partial charge is 0.309 e. The second kappa shape index (κ2) is 5.13. The van der Waals surface area contributed by atoms with Gasteiger partial charge in [-0.15, -0.1) is 0 Å². The maximum atomic E-state index is 11.9. The molecular formula is C14H26O2Si. The van der Waals surface area contributed by atoms with E-state index in [2.05, 4.69) is 19.6 Å². The summed E-state index contributed by atoms with van der Waals surface area (Å²) < 4.78 is 5.64. The van der Waals surface area contributed by atoms with Gasteiger partial charge in [0.1, 0.15) is 6.10 Å². The Morgan fingerprint density at radius 2 is 1.82 bits per heavy atom. The van der Waals surface area contributed by atoms with E-state index in [0.29, 0.717) is 5.92 Å². The van der Waals surface area contributed by atoms with Gasteiger partial charge in [0.05, 0.1) is 5.92 Å². The monoisotopic (exact) mass is 254 g/mol. The van der Waals surface area contributed by atoms with Gasteiger partial charge >= 0.3 is 5.97 Å². The molecule has 0 amide bonds. The van der Waals surface area contributed by atoms with E-state index >= 15 is 0 Å². The molecule has 0 unspecified atom stereocenters. The van der Waals surface area contributed by atoms with E-state index in [1.165, 1.54) is 32.1 Å². The summed E-state index contributed by atoms with van der Waals surface area (Å²) in [7, 11) is -1.14. The van der Waals surface area contributed by atoms with Gasteiger partial charge in [0, 0.05) is 8.07 Å². The molecule has 1 aliphatic heterocycles. The van der Waals surface area contributed by atoms with Crippen LogP contribution in [0.3, 0.4) is 0 Å². The highest BCUT2D eigenvalue weighted by atomic mass is 28.3. The molecule has 2 fully saturated rings. The average Bonchev–Trinajstić information content (AvgIpc) is 2.59. The third-order valence-electron chi connectivity index (χ3n) is 4.15. The fraction of sp³-hybridized carbons (Fsp3) is 0.929. The van der Waals surface area contributed by atoms with E-state index < -0.39 is 8.07 Å². The topological polar surface area (TPSA) is 26.3 Å². The van der Waals surface area contributed by atoms with Crippen molar-refractivity contribution in [1.82, 2.24) is 0 Å². The van der Waals surface area contributed by atoms with Gasteiger partial charge in [0.2, 0.25) is 0 Å². The van der Waals surface area contributed by atoms with Gasteiger partial charge in [-0.3, -0.25) is 4.79 Å². The van der Waals surface area contributed by atoms with Crippen molar-refractivity contribution in [2.24, 2.45) is 11.8 Å². The summed E-state index contributed by atoms with van der Waals surface area (Å²) in [5.41, 5.74) is 0. The van der Waals surface area contributed by atoms with Gasteiger partial charge in [-0.2, -0.15) is 0 Å². The largest absolute Gasteiger partial charge is 0.462 e. The Labute approximate surface area is 106 Å². The standard InChI is InChI=1S/C14H26O2Si/c1-17(2,3)10-12-9-13(16-14(12)15)11-7-5-4-6-8-11/h11-13H,4-10H2,1-3H3/t12-,13+/m1/s1. The van der Waals surface area contributed by atoms with Gasteiger partial charge in [0.25, 0.3) is 0 Å². The molecule has 0 N–H and O–H groups in total. The summed E-state index contributed by atoms with van der Waals surface area (Å²) in [6.45, 7) is 7.02. The molecule has 0 bridgehead atoms. The van der Waals surface area contributed by atoms with Crippen molar-refractivity contribution in [1.29, 1.82) is 0 Å². The van der Waals surface area contributed by atoms with Gasteiger partial charge in [0.15, 0.2) is 0 Å². The zero-order valence-electron chi connectivity index (χ0n) is 11.5. The van der Waals surface area contributed by atoms with Crippen LogP contribution in [0.5, 0.6) is 0 Å². The highest BCUT2D eigenvalue weighted by molar-refractivity contribution is 6.76. The van der Waals surface area contributed by atoms with E-state index in [4.69, 9.17) is 4.74 Å². The third-order valence-corrected chi connectivity index (χ3v) is 5.87. The Morgan fingerprint density at radius 1 is 1.18 bits per heavy atom. The SMILES string of the molecule is C[Si](C)(C)C[C@H]1C[C@@H](C2CCCCC2)OC1=O.